The molecule has 0 unspecified atom stereocenters. The number of benzene rings is 7. The Kier molecular flexibility index (Phi) is 12.9. The van der Waals surface area contributed by atoms with Crippen LogP contribution in [0.4, 0.5) is 78.3 Å². The number of alkyl halides is 1. The summed E-state index contributed by atoms with van der Waals surface area (Å²) in [7, 11) is 6.51. The van der Waals surface area contributed by atoms with E-state index >= 15 is 0 Å². The smallest absolute Gasteiger partial charge is 0.228 e. The van der Waals surface area contributed by atoms with E-state index < -0.39 is 11.5 Å². The minimum absolute atomic E-state index is 0.0592. The topological polar surface area (TPSA) is 20.1 Å². The largest absolute Gasteiger partial charge is 0.336 e. The van der Waals surface area contributed by atoms with Crippen molar-refractivity contribution in [3.05, 3.63) is 206 Å². The molecule has 0 aliphatic carbocycles. The van der Waals surface area contributed by atoms with Crippen molar-refractivity contribution in [3.8, 4) is 0 Å². The number of anilines is 13. The van der Waals surface area contributed by atoms with E-state index in [0.717, 1.165) is 56.7 Å². The molecule has 6 nitrogen and oxygen atoms in total. The lowest BCUT2D eigenvalue weighted by atomic mass is 9.67. The zero-order valence-corrected chi connectivity index (χ0v) is 41.5. The Balaban J connectivity index is 0.00000143. The van der Waals surface area contributed by atoms with Gasteiger partial charge in [-0.2, -0.15) is 4.57 Å². The van der Waals surface area contributed by atoms with Gasteiger partial charge in [-0.3, -0.25) is 4.90 Å². The molecule has 10 rings (SSSR count). The maximum absolute atomic E-state index is 11.0. The number of para-hydroxylation sites is 8. The number of halogens is 1. The van der Waals surface area contributed by atoms with Crippen LogP contribution in [-0.2, 0) is 17.4 Å². The standard InChI is InChI=1S/C58H56BN6.C3H7F/c1-41(2)62-53-20-12-14-22-55(53)65(56-23-15-13-21-54(56)62)48-36-38-60(39-37-48)40-61-49-16-8-10-18-51(49)64(52-19-11-9-17-50(52)61)47-34-32-46(33-35-47)63(44-28-24-42(25-29-44)57(3,4)5)45-30-26-43(27-31-45)58(6,7)59;1-3(2)4/h8-39,41H,40H2,1-7H3;3H,1-2H3/q+1;. The lowest BCUT2D eigenvalue weighted by molar-refractivity contribution is -0.694. The quantitative estimate of drug-likeness (QED) is 0.106. The molecule has 0 fully saturated rings. The van der Waals surface area contributed by atoms with Crippen molar-refractivity contribution in [2.45, 2.75) is 91.9 Å². The average molecular weight is 910 g/mol. The molecule has 0 N–H and O–H groups in total. The van der Waals surface area contributed by atoms with Crippen molar-refractivity contribution in [2.75, 3.05) is 24.5 Å². The SMILES string of the molecule is CC(C)F.[B]C(C)(C)c1ccc(N(c2ccc(N3c4ccccc4N(C[n+]4ccc(N5c6ccccc6N(C(C)C)c6ccccc65)cc4)c4ccccc43)cc2)c2ccc(C(C)(C)C)cc2)cc1. The molecule has 69 heavy (non-hydrogen) atoms. The van der Waals surface area contributed by atoms with Gasteiger partial charge in [-0.15, -0.1) is 0 Å². The van der Waals surface area contributed by atoms with Crippen LogP contribution >= 0.6 is 0 Å². The fourth-order valence-electron chi connectivity index (χ4n) is 9.47. The van der Waals surface area contributed by atoms with E-state index in [1.165, 1.54) is 42.2 Å². The fraction of sp³-hybridized carbons (Fsp3) is 0.230. The molecule has 0 amide bonds. The van der Waals surface area contributed by atoms with Gasteiger partial charge in [0.05, 0.1) is 65.2 Å². The number of aromatic nitrogens is 1. The molecule has 3 heterocycles. The Hall–Kier alpha value is -7.32. The molecule has 7 aromatic carbocycles. The van der Waals surface area contributed by atoms with Crippen molar-refractivity contribution in [2.24, 2.45) is 0 Å². The zero-order chi connectivity index (χ0) is 48.6. The van der Waals surface area contributed by atoms with Gasteiger partial charge in [0, 0.05) is 40.9 Å². The van der Waals surface area contributed by atoms with Crippen molar-refractivity contribution < 1.29 is 8.96 Å². The maximum Gasteiger partial charge on any atom is 0.228 e. The number of hydrogen-bond donors (Lipinski definition) is 0. The lowest BCUT2D eigenvalue weighted by Gasteiger charge is -2.42. The Bertz CT molecular complexity index is 2870. The van der Waals surface area contributed by atoms with E-state index in [-0.39, 0.29) is 5.41 Å². The highest BCUT2D eigenvalue weighted by Gasteiger charge is 2.33. The van der Waals surface area contributed by atoms with E-state index in [1.54, 1.807) is 0 Å². The zero-order valence-electron chi connectivity index (χ0n) is 41.5. The van der Waals surface area contributed by atoms with Gasteiger partial charge in [-0.25, -0.2) is 4.39 Å². The van der Waals surface area contributed by atoms with Crippen LogP contribution in [0.2, 0.25) is 0 Å². The van der Waals surface area contributed by atoms with Crippen LogP contribution in [0.3, 0.4) is 0 Å². The maximum atomic E-state index is 11.0. The van der Waals surface area contributed by atoms with Crippen LogP contribution in [0.25, 0.3) is 0 Å². The second kappa shape index (κ2) is 19.0. The summed E-state index contributed by atoms with van der Waals surface area (Å²) in [5.41, 5.74) is 17.2. The van der Waals surface area contributed by atoms with Gasteiger partial charge in [0.1, 0.15) is 0 Å². The summed E-state index contributed by atoms with van der Waals surface area (Å²) in [5, 5.41) is -0.427. The summed E-state index contributed by atoms with van der Waals surface area (Å²) in [5.74, 6) is 0. The van der Waals surface area contributed by atoms with E-state index in [2.05, 4.69) is 258 Å². The molecule has 8 aromatic rings. The predicted octanol–water partition coefficient (Wildman–Crippen LogP) is 16.4. The first kappa shape index (κ1) is 46.8. The highest BCUT2D eigenvalue weighted by atomic mass is 19.1. The summed E-state index contributed by atoms with van der Waals surface area (Å²) >= 11 is 0. The van der Waals surface area contributed by atoms with Gasteiger partial charge >= 0.3 is 0 Å². The van der Waals surface area contributed by atoms with Crippen molar-refractivity contribution >= 4 is 81.8 Å². The summed E-state index contributed by atoms with van der Waals surface area (Å²) in [4.78, 5) is 12.0. The van der Waals surface area contributed by atoms with Gasteiger partial charge in [-0.05, 0) is 141 Å². The van der Waals surface area contributed by atoms with Crippen LogP contribution in [0.5, 0.6) is 0 Å². The normalized spacial score (nSPS) is 13.0. The minimum Gasteiger partial charge on any atom is -0.336 e. The third-order valence-corrected chi connectivity index (χ3v) is 12.8. The monoisotopic (exact) mass is 910 g/mol. The molecule has 0 spiro atoms. The Labute approximate surface area is 410 Å². The number of hydrogen-bond acceptors (Lipinski definition) is 5. The molecule has 0 atom stereocenters. The van der Waals surface area contributed by atoms with Gasteiger partial charge in [0.15, 0.2) is 12.4 Å². The van der Waals surface area contributed by atoms with E-state index in [1.807, 2.05) is 13.8 Å². The summed E-state index contributed by atoms with van der Waals surface area (Å²) < 4.78 is 13.3. The Morgan fingerprint density at radius 3 is 1.17 bits per heavy atom. The molecule has 2 aliphatic heterocycles. The van der Waals surface area contributed by atoms with E-state index in [0.29, 0.717) is 12.7 Å². The molecule has 0 bridgehead atoms. The van der Waals surface area contributed by atoms with Crippen LogP contribution in [0, 0.1) is 0 Å². The number of fused-ring (bicyclic) bond motifs is 4. The number of pyridine rings is 1. The third-order valence-electron chi connectivity index (χ3n) is 12.8. The van der Waals surface area contributed by atoms with Crippen LogP contribution in [-0.4, -0.2) is 20.1 Å². The Morgan fingerprint density at radius 1 is 0.464 bits per heavy atom. The van der Waals surface area contributed by atoms with E-state index in [9.17, 15) is 4.39 Å². The van der Waals surface area contributed by atoms with Crippen LogP contribution in [0.1, 0.15) is 73.4 Å². The highest BCUT2D eigenvalue weighted by Crippen LogP contribution is 2.53. The number of nitrogens with zero attached hydrogens (tertiary/aromatic N) is 6. The summed E-state index contributed by atoms with van der Waals surface area (Å²) in [6.07, 6.45) is 3.75. The third kappa shape index (κ3) is 9.45. The first-order chi connectivity index (χ1) is 33.1. The van der Waals surface area contributed by atoms with Crippen LogP contribution < -0.4 is 29.1 Å². The van der Waals surface area contributed by atoms with Crippen molar-refractivity contribution in [1.29, 1.82) is 0 Å². The predicted molar refractivity (Wildman–Crippen MR) is 290 cm³/mol. The first-order valence-electron chi connectivity index (χ1n) is 24.1. The van der Waals surface area contributed by atoms with E-state index in [4.69, 9.17) is 7.85 Å². The van der Waals surface area contributed by atoms with Gasteiger partial charge in [-0.1, -0.05) is 113 Å². The highest BCUT2D eigenvalue weighted by molar-refractivity contribution is 6.15. The Morgan fingerprint density at radius 2 is 0.797 bits per heavy atom. The first-order valence-corrected chi connectivity index (χ1v) is 24.1. The number of rotatable bonds is 9. The second-order valence-electron chi connectivity index (χ2n) is 20.2. The molecule has 0 saturated carbocycles. The fourth-order valence-corrected chi connectivity index (χ4v) is 9.47. The van der Waals surface area contributed by atoms with Crippen LogP contribution in [0.15, 0.2) is 194 Å². The van der Waals surface area contributed by atoms with Crippen molar-refractivity contribution in [3.63, 3.8) is 0 Å². The molecular formula is C61H63BFN6+. The lowest BCUT2D eigenvalue weighted by Crippen LogP contribution is -2.43. The summed E-state index contributed by atoms with van der Waals surface area (Å²) in [6.45, 7) is 19.0. The minimum atomic E-state index is -0.667. The summed E-state index contributed by atoms with van der Waals surface area (Å²) in [6, 6.07) is 66.3. The molecule has 346 valence electrons. The average Bonchev–Trinajstić information content (AvgIpc) is 3.33. The van der Waals surface area contributed by atoms with Gasteiger partial charge in [0.25, 0.3) is 0 Å². The van der Waals surface area contributed by atoms with Gasteiger partial charge in [0.2, 0.25) is 6.67 Å². The molecule has 1 aromatic heterocycles. The molecule has 0 saturated heterocycles. The second-order valence-corrected chi connectivity index (χ2v) is 20.2. The molecular weight excluding hydrogens is 847 g/mol. The van der Waals surface area contributed by atoms with Crippen molar-refractivity contribution in [1.82, 2.24) is 0 Å². The molecule has 2 radical (unpaired) electrons. The van der Waals surface area contributed by atoms with Gasteiger partial charge < -0.3 is 19.6 Å². The molecule has 2 aliphatic rings. The molecule has 8 heteroatoms.